The summed E-state index contributed by atoms with van der Waals surface area (Å²) in [5, 5.41) is 9.73. The first-order valence-corrected chi connectivity index (χ1v) is 12.6. The summed E-state index contributed by atoms with van der Waals surface area (Å²) in [7, 11) is 1.32. The van der Waals surface area contributed by atoms with Crippen LogP contribution in [0.4, 0.5) is 11.4 Å². The Morgan fingerprint density at radius 1 is 0.895 bits per heavy atom. The third kappa shape index (κ3) is 5.03. The number of piperazine rings is 1. The van der Waals surface area contributed by atoms with Gasteiger partial charge in [0, 0.05) is 42.0 Å². The quantitative estimate of drug-likeness (QED) is 0.351. The van der Waals surface area contributed by atoms with E-state index in [9.17, 15) is 14.4 Å². The van der Waals surface area contributed by atoms with Gasteiger partial charge in [-0.2, -0.15) is 0 Å². The van der Waals surface area contributed by atoms with Crippen LogP contribution < -0.4 is 16.0 Å². The number of benzene rings is 3. The number of hydrogen-bond donors (Lipinski definition) is 3. The summed E-state index contributed by atoms with van der Waals surface area (Å²) < 4.78 is 4.81. The maximum atomic E-state index is 13.2. The van der Waals surface area contributed by atoms with E-state index in [0.29, 0.717) is 46.7 Å². The maximum Gasteiger partial charge on any atom is 0.337 e. The molecule has 0 aromatic heterocycles. The first-order chi connectivity index (χ1) is 18.3. The number of nitrogens with one attached hydrogen (secondary N) is 3. The SMILES string of the molecule is COC(=O)c1ccc2c(c1)NC(=O)/C2=C(\Nc1ccc(C(=O)N2C[C@@H](C)N[C@@H](C)C2)cc1)c1ccccc1. The van der Waals surface area contributed by atoms with Gasteiger partial charge in [0.15, 0.2) is 0 Å². The van der Waals surface area contributed by atoms with Crippen LogP contribution in [-0.4, -0.2) is 55.0 Å². The Labute approximate surface area is 221 Å². The van der Waals surface area contributed by atoms with Gasteiger partial charge in [0.2, 0.25) is 0 Å². The topological polar surface area (TPSA) is 99.8 Å². The van der Waals surface area contributed by atoms with E-state index < -0.39 is 5.97 Å². The molecule has 194 valence electrons. The molecule has 2 aliphatic heterocycles. The molecule has 0 saturated carbocycles. The summed E-state index contributed by atoms with van der Waals surface area (Å²) in [5.41, 5.74) is 4.85. The highest BCUT2D eigenvalue weighted by molar-refractivity contribution is 6.37. The van der Waals surface area contributed by atoms with Crippen LogP contribution in [0.5, 0.6) is 0 Å². The molecule has 0 spiro atoms. The van der Waals surface area contributed by atoms with E-state index in [0.717, 1.165) is 11.3 Å². The van der Waals surface area contributed by atoms with Crippen molar-refractivity contribution in [3.05, 3.63) is 95.1 Å². The molecular formula is C30H30N4O4. The minimum atomic E-state index is -0.472. The lowest BCUT2D eigenvalue weighted by atomic mass is 9.99. The van der Waals surface area contributed by atoms with E-state index in [1.165, 1.54) is 7.11 Å². The molecule has 0 bridgehead atoms. The van der Waals surface area contributed by atoms with Gasteiger partial charge in [-0.05, 0) is 55.8 Å². The van der Waals surface area contributed by atoms with E-state index in [1.54, 1.807) is 30.3 Å². The van der Waals surface area contributed by atoms with Crippen molar-refractivity contribution in [2.75, 3.05) is 30.8 Å². The lowest BCUT2D eigenvalue weighted by Crippen LogP contribution is -2.55. The number of amides is 2. The molecule has 2 atom stereocenters. The molecule has 0 radical (unpaired) electrons. The summed E-state index contributed by atoms with van der Waals surface area (Å²) >= 11 is 0. The van der Waals surface area contributed by atoms with Gasteiger partial charge >= 0.3 is 5.97 Å². The van der Waals surface area contributed by atoms with Crippen LogP contribution in [0.3, 0.4) is 0 Å². The minimum Gasteiger partial charge on any atom is -0.465 e. The van der Waals surface area contributed by atoms with Crippen molar-refractivity contribution in [3.8, 4) is 0 Å². The number of esters is 1. The monoisotopic (exact) mass is 510 g/mol. The number of nitrogens with zero attached hydrogens (tertiary/aromatic N) is 1. The fourth-order valence-electron chi connectivity index (χ4n) is 5.07. The van der Waals surface area contributed by atoms with Crippen LogP contribution in [0.2, 0.25) is 0 Å². The van der Waals surface area contributed by atoms with E-state index in [-0.39, 0.29) is 23.9 Å². The molecule has 0 aliphatic carbocycles. The standard InChI is InChI=1S/C30H30N4O4/c1-18-16-34(17-19(2)31-18)29(36)21-9-12-23(13-10-21)32-27(20-7-5-4-6-8-20)26-24-14-11-22(30(37)38-3)15-25(24)33-28(26)35/h4-15,18-19,31-32H,16-17H2,1-3H3,(H,33,35)/b27-26-/t18-,19+. The fraction of sp³-hybridized carbons (Fsp3) is 0.233. The fourth-order valence-corrected chi connectivity index (χ4v) is 5.07. The number of rotatable bonds is 5. The second kappa shape index (κ2) is 10.5. The lowest BCUT2D eigenvalue weighted by molar-refractivity contribution is -0.110. The van der Waals surface area contributed by atoms with Gasteiger partial charge in [-0.3, -0.25) is 9.59 Å². The van der Waals surface area contributed by atoms with Crippen LogP contribution in [0.1, 0.15) is 45.7 Å². The molecule has 8 nitrogen and oxygen atoms in total. The number of fused-ring (bicyclic) bond motifs is 1. The zero-order chi connectivity index (χ0) is 26.8. The van der Waals surface area contributed by atoms with Crippen molar-refractivity contribution in [2.24, 2.45) is 0 Å². The van der Waals surface area contributed by atoms with Crippen LogP contribution in [0.15, 0.2) is 72.8 Å². The van der Waals surface area contributed by atoms with Crippen molar-refractivity contribution in [2.45, 2.75) is 25.9 Å². The first kappa shape index (κ1) is 25.2. The number of carbonyl (C=O) groups is 3. The molecule has 8 heteroatoms. The average Bonchev–Trinajstić information content (AvgIpc) is 3.25. The van der Waals surface area contributed by atoms with Crippen LogP contribution in [-0.2, 0) is 9.53 Å². The van der Waals surface area contributed by atoms with Gasteiger partial charge in [0.1, 0.15) is 0 Å². The van der Waals surface area contributed by atoms with Crippen molar-refractivity contribution in [1.82, 2.24) is 10.2 Å². The van der Waals surface area contributed by atoms with Gasteiger partial charge in [-0.15, -0.1) is 0 Å². The highest BCUT2D eigenvalue weighted by Gasteiger charge is 2.30. The number of hydrogen-bond acceptors (Lipinski definition) is 6. The van der Waals surface area contributed by atoms with E-state index in [4.69, 9.17) is 4.74 Å². The summed E-state index contributed by atoms with van der Waals surface area (Å²) in [6.45, 7) is 5.49. The van der Waals surface area contributed by atoms with Crippen molar-refractivity contribution in [1.29, 1.82) is 0 Å². The Kier molecular flexibility index (Phi) is 6.98. The maximum absolute atomic E-state index is 13.2. The molecule has 2 amide bonds. The number of ether oxygens (including phenoxy) is 1. The van der Waals surface area contributed by atoms with Crippen LogP contribution in [0.25, 0.3) is 11.3 Å². The zero-order valence-electron chi connectivity index (χ0n) is 21.6. The molecule has 3 aromatic carbocycles. The third-order valence-corrected chi connectivity index (χ3v) is 6.74. The van der Waals surface area contributed by atoms with E-state index >= 15 is 0 Å². The molecule has 3 aromatic rings. The van der Waals surface area contributed by atoms with Gasteiger partial charge in [0.25, 0.3) is 11.8 Å². The number of carbonyl (C=O) groups excluding carboxylic acids is 3. The van der Waals surface area contributed by atoms with Crippen molar-refractivity contribution in [3.63, 3.8) is 0 Å². The Balaban J connectivity index is 1.47. The summed E-state index contributed by atoms with van der Waals surface area (Å²) in [5.74, 6) is -0.744. The predicted molar refractivity (Wildman–Crippen MR) is 148 cm³/mol. The molecule has 0 unspecified atom stereocenters. The molecular weight excluding hydrogens is 480 g/mol. The molecule has 3 N–H and O–H groups in total. The van der Waals surface area contributed by atoms with Crippen LogP contribution in [0, 0.1) is 0 Å². The third-order valence-electron chi connectivity index (χ3n) is 6.74. The average molecular weight is 511 g/mol. The van der Waals surface area contributed by atoms with Crippen molar-refractivity contribution >= 4 is 40.4 Å². The summed E-state index contributed by atoms with van der Waals surface area (Å²) in [6.07, 6.45) is 0. The number of anilines is 2. The first-order valence-electron chi connectivity index (χ1n) is 12.6. The second-order valence-corrected chi connectivity index (χ2v) is 9.70. The van der Waals surface area contributed by atoms with E-state index in [2.05, 4.69) is 29.8 Å². The Morgan fingerprint density at radius 2 is 1.55 bits per heavy atom. The number of methoxy groups -OCH3 is 1. The Hall–Kier alpha value is -4.43. The largest absolute Gasteiger partial charge is 0.465 e. The van der Waals surface area contributed by atoms with Gasteiger partial charge in [0.05, 0.1) is 29.6 Å². The molecule has 1 fully saturated rings. The highest BCUT2D eigenvalue weighted by Crippen LogP contribution is 2.38. The second-order valence-electron chi connectivity index (χ2n) is 9.70. The summed E-state index contributed by atoms with van der Waals surface area (Å²) in [6, 6.07) is 22.4. The summed E-state index contributed by atoms with van der Waals surface area (Å²) in [4.78, 5) is 40.2. The van der Waals surface area contributed by atoms with Crippen molar-refractivity contribution < 1.29 is 19.1 Å². The van der Waals surface area contributed by atoms with Gasteiger partial charge in [-0.25, -0.2) is 4.79 Å². The molecule has 1 saturated heterocycles. The molecule has 2 aliphatic rings. The molecule has 38 heavy (non-hydrogen) atoms. The van der Waals surface area contributed by atoms with Gasteiger partial charge < -0.3 is 25.6 Å². The van der Waals surface area contributed by atoms with Crippen LogP contribution >= 0.6 is 0 Å². The highest BCUT2D eigenvalue weighted by atomic mass is 16.5. The Bertz CT molecular complexity index is 1410. The zero-order valence-corrected chi connectivity index (χ0v) is 21.6. The molecule has 5 rings (SSSR count). The predicted octanol–water partition coefficient (Wildman–Crippen LogP) is 4.23. The smallest absolute Gasteiger partial charge is 0.337 e. The van der Waals surface area contributed by atoms with Gasteiger partial charge in [-0.1, -0.05) is 36.4 Å². The Morgan fingerprint density at radius 3 is 2.21 bits per heavy atom. The van der Waals surface area contributed by atoms with E-state index in [1.807, 2.05) is 47.4 Å². The normalized spacial score (nSPS) is 19.9. The minimum absolute atomic E-state index is 0.00361. The lowest BCUT2D eigenvalue weighted by Gasteiger charge is -2.36. The molecule has 2 heterocycles.